The Labute approximate surface area is 158 Å². The molecule has 0 radical (unpaired) electrons. The van der Waals surface area contributed by atoms with Crippen molar-refractivity contribution in [3.8, 4) is 5.75 Å². The Morgan fingerprint density at radius 2 is 1.96 bits per heavy atom. The molecule has 142 valence electrons. The van der Waals surface area contributed by atoms with Gasteiger partial charge in [0.25, 0.3) is 16.8 Å². The lowest BCUT2D eigenvalue weighted by Crippen LogP contribution is -2.44. The molecule has 9 nitrogen and oxygen atoms in total. The summed E-state index contributed by atoms with van der Waals surface area (Å²) in [4.78, 5) is 49.9. The molecule has 3 rings (SSSR count). The molecule has 2 heterocycles. The van der Waals surface area contributed by atoms with Gasteiger partial charge in [-0.15, -0.1) is 0 Å². The highest BCUT2D eigenvalue weighted by molar-refractivity contribution is 8.18. The van der Waals surface area contributed by atoms with Crippen LogP contribution in [0.4, 0.5) is 10.5 Å². The Hall–Kier alpha value is -2.88. The molecule has 0 unspecified atom stereocenters. The molecule has 0 saturated carbocycles. The molecule has 0 aliphatic carbocycles. The van der Waals surface area contributed by atoms with E-state index in [0.29, 0.717) is 24.9 Å². The molecule has 0 spiro atoms. The number of nitro benzene ring substituents is 1. The largest absolute Gasteiger partial charge is 0.508 e. The van der Waals surface area contributed by atoms with Gasteiger partial charge < -0.3 is 10.0 Å². The normalized spacial score (nSPS) is 19.0. The number of thioether (sulfide) groups is 1. The topological polar surface area (TPSA) is 121 Å². The quantitative estimate of drug-likeness (QED) is 0.475. The van der Waals surface area contributed by atoms with Crippen molar-refractivity contribution in [3.63, 3.8) is 0 Å². The summed E-state index contributed by atoms with van der Waals surface area (Å²) in [5.41, 5.74) is -0.295. The van der Waals surface area contributed by atoms with Crippen LogP contribution in [0, 0.1) is 10.1 Å². The number of hydrogen-bond donors (Lipinski definition) is 1. The summed E-state index contributed by atoms with van der Waals surface area (Å²) in [5.74, 6) is -1.17. The van der Waals surface area contributed by atoms with Crippen LogP contribution in [-0.2, 0) is 9.59 Å². The van der Waals surface area contributed by atoms with E-state index < -0.39 is 16.1 Å². The molecule has 2 aliphatic heterocycles. The van der Waals surface area contributed by atoms with Crippen molar-refractivity contribution in [3.05, 3.63) is 38.8 Å². The summed E-state index contributed by atoms with van der Waals surface area (Å²) in [5, 5.41) is 20.1. The minimum absolute atomic E-state index is 0.00728. The summed E-state index contributed by atoms with van der Waals surface area (Å²) < 4.78 is 0. The van der Waals surface area contributed by atoms with Crippen molar-refractivity contribution in [2.45, 2.75) is 19.3 Å². The number of nitrogens with zero attached hydrogens (tertiary/aromatic N) is 3. The number of phenols is 1. The van der Waals surface area contributed by atoms with Crippen molar-refractivity contribution >= 4 is 40.6 Å². The lowest BCUT2D eigenvalue weighted by atomic mass is 10.1. The Bertz CT molecular complexity index is 847. The lowest BCUT2D eigenvalue weighted by molar-refractivity contribution is -0.385. The molecule has 10 heteroatoms. The van der Waals surface area contributed by atoms with Gasteiger partial charge in [-0.1, -0.05) is 0 Å². The second kappa shape index (κ2) is 7.78. The van der Waals surface area contributed by atoms with Crippen molar-refractivity contribution in [1.82, 2.24) is 9.80 Å². The van der Waals surface area contributed by atoms with Gasteiger partial charge in [0.1, 0.15) is 12.3 Å². The molecule has 2 aliphatic rings. The third-order valence-electron chi connectivity index (χ3n) is 4.37. The molecule has 2 fully saturated rings. The van der Waals surface area contributed by atoms with Crippen molar-refractivity contribution in [1.29, 1.82) is 0 Å². The van der Waals surface area contributed by atoms with Gasteiger partial charge in [-0.25, -0.2) is 0 Å². The number of aromatic hydroxyl groups is 1. The standard InChI is InChI=1S/C17H17N3O6S/c21-12-4-5-13(20(25)26)11(8-12)9-14-16(23)19(17(24)27-14)10-15(22)18-6-2-1-3-7-18/h4-5,8-9,21H,1-3,6-7,10H2/b14-9-. The predicted molar refractivity (Wildman–Crippen MR) is 97.9 cm³/mol. The van der Waals surface area contributed by atoms with Gasteiger partial charge in [0, 0.05) is 19.2 Å². The van der Waals surface area contributed by atoms with Gasteiger partial charge in [0.2, 0.25) is 5.91 Å². The molecule has 1 aromatic carbocycles. The van der Waals surface area contributed by atoms with E-state index in [-0.39, 0.29) is 34.4 Å². The number of carbonyl (C=O) groups excluding carboxylic acids is 3. The molecule has 1 N–H and O–H groups in total. The first-order chi connectivity index (χ1) is 12.9. The van der Waals surface area contributed by atoms with Crippen LogP contribution in [0.1, 0.15) is 24.8 Å². The summed E-state index contributed by atoms with van der Waals surface area (Å²) >= 11 is 0.615. The zero-order chi connectivity index (χ0) is 19.6. The Kier molecular flexibility index (Phi) is 5.45. The molecule has 0 bridgehead atoms. The SMILES string of the molecule is O=C(CN1C(=O)S/C(=C\c2cc(O)ccc2[N+](=O)[O-])C1=O)N1CCCCC1. The zero-order valence-corrected chi connectivity index (χ0v) is 15.1. The number of nitro groups is 1. The maximum atomic E-state index is 12.5. The fourth-order valence-corrected chi connectivity index (χ4v) is 3.81. The van der Waals surface area contributed by atoms with Crippen LogP contribution in [0.3, 0.4) is 0 Å². The first-order valence-corrected chi connectivity index (χ1v) is 9.19. The van der Waals surface area contributed by atoms with Crippen molar-refractivity contribution in [2.75, 3.05) is 19.6 Å². The van der Waals surface area contributed by atoms with Gasteiger partial charge in [-0.2, -0.15) is 0 Å². The van der Waals surface area contributed by atoms with E-state index >= 15 is 0 Å². The maximum absolute atomic E-state index is 12.5. The van der Waals surface area contributed by atoms with Gasteiger partial charge in [-0.05, 0) is 49.2 Å². The van der Waals surface area contributed by atoms with E-state index in [1.807, 2.05) is 0 Å². The van der Waals surface area contributed by atoms with Crippen LogP contribution in [0.15, 0.2) is 23.1 Å². The number of carbonyl (C=O) groups is 3. The van der Waals surface area contributed by atoms with Crippen LogP contribution >= 0.6 is 11.8 Å². The van der Waals surface area contributed by atoms with Gasteiger partial charge in [0.15, 0.2) is 0 Å². The number of piperidine rings is 1. The van der Waals surface area contributed by atoms with E-state index in [9.17, 15) is 29.6 Å². The highest BCUT2D eigenvalue weighted by Crippen LogP contribution is 2.34. The van der Waals surface area contributed by atoms with Gasteiger partial charge >= 0.3 is 0 Å². The van der Waals surface area contributed by atoms with Gasteiger partial charge in [0.05, 0.1) is 15.4 Å². The molecule has 27 heavy (non-hydrogen) atoms. The minimum Gasteiger partial charge on any atom is -0.508 e. The number of rotatable bonds is 4. The first-order valence-electron chi connectivity index (χ1n) is 8.37. The maximum Gasteiger partial charge on any atom is 0.294 e. The number of hydrogen-bond acceptors (Lipinski definition) is 7. The molecule has 0 aromatic heterocycles. The fraction of sp³-hybridized carbons (Fsp3) is 0.353. The third-order valence-corrected chi connectivity index (χ3v) is 5.28. The third kappa shape index (κ3) is 4.11. The lowest BCUT2D eigenvalue weighted by Gasteiger charge is -2.27. The summed E-state index contributed by atoms with van der Waals surface area (Å²) in [6.45, 7) is 0.880. The summed E-state index contributed by atoms with van der Waals surface area (Å²) in [6, 6.07) is 3.43. The zero-order valence-electron chi connectivity index (χ0n) is 14.3. The number of amides is 3. The Morgan fingerprint density at radius 3 is 2.63 bits per heavy atom. The average Bonchev–Trinajstić information content (AvgIpc) is 2.89. The summed E-state index contributed by atoms with van der Waals surface area (Å²) in [7, 11) is 0. The number of phenolic OH excluding ortho intramolecular Hbond substituents is 1. The number of benzene rings is 1. The molecular weight excluding hydrogens is 374 g/mol. The van der Waals surface area contributed by atoms with E-state index in [4.69, 9.17) is 0 Å². The van der Waals surface area contributed by atoms with Crippen molar-refractivity contribution < 1.29 is 24.4 Å². The van der Waals surface area contributed by atoms with E-state index in [0.717, 1.165) is 36.3 Å². The van der Waals surface area contributed by atoms with E-state index in [1.54, 1.807) is 4.90 Å². The van der Waals surface area contributed by atoms with Crippen molar-refractivity contribution in [2.24, 2.45) is 0 Å². The van der Waals surface area contributed by atoms with Crippen LogP contribution in [0.25, 0.3) is 6.08 Å². The Balaban J connectivity index is 1.80. The molecule has 1 aromatic rings. The molecular formula is C17H17N3O6S. The van der Waals surface area contributed by atoms with Gasteiger partial charge in [-0.3, -0.25) is 29.4 Å². The highest BCUT2D eigenvalue weighted by Gasteiger charge is 2.37. The Morgan fingerprint density at radius 1 is 1.26 bits per heavy atom. The average molecular weight is 391 g/mol. The monoisotopic (exact) mass is 391 g/mol. The van der Waals surface area contributed by atoms with E-state index in [2.05, 4.69) is 0 Å². The van der Waals surface area contributed by atoms with Crippen LogP contribution in [0.5, 0.6) is 5.75 Å². The predicted octanol–water partition coefficient (Wildman–Crippen LogP) is 2.35. The highest BCUT2D eigenvalue weighted by atomic mass is 32.2. The second-order valence-corrected chi connectivity index (χ2v) is 7.20. The molecule has 0 atom stereocenters. The fourth-order valence-electron chi connectivity index (χ4n) is 2.98. The molecule has 3 amide bonds. The van der Waals surface area contributed by atoms with E-state index in [1.165, 1.54) is 12.1 Å². The van der Waals surface area contributed by atoms with Crippen LogP contribution < -0.4 is 0 Å². The smallest absolute Gasteiger partial charge is 0.294 e. The minimum atomic E-state index is -0.673. The molecule has 2 saturated heterocycles. The number of likely N-dealkylation sites (tertiary alicyclic amines) is 1. The second-order valence-electron chi connectivity index (χ2n) is 6.21. The van der Waals surface area contributed by atoms with Crippen LogP contribution in [0.2, 0.25) is 0 Å². The first kappa shape index (κ1) is 18.9. The summed E-state index contributed by atoms with van der Waals surface area (Å²) in [6.07, 6.45) is 4.04. The number of imide groups is 1. The van der Waals surface area contributed by atoms with Crippen LogP contribution in [-0.4, -0.2) is 56.5 Å².